The molecule has 2 aromatic rings. The summed E-state index contributed by atoms with van der Waals surface area (Å²) >= 11 is 1.71. The van der Waals surface area contributed by atoms with Crippen molar-refractivity contribution in [3.8, 4) is 0 Å². The smallest absolute Gasteiger partial charge is 0.223 e. The highest BCUT2D eigenvalue weighted by Gasteiger charge is 2.27. The second-order valence-electron chi connectivity index (χ2n) is 6.20. The molecule has 5 nitrogen and oxygen atoms in total. The number of aryl methyl sites for hydroxylation is 1. The number of carbonyl (C=O) groups is 1. The van der Waals surface area contributed by atoms with E-state index in [2.05, 4.69) is 21.7 Å². The summed E-state index contributed by atoms with van der Waals surface area (Å²) in [5.41, 5.74) is 1.07. The van der Waals surface area contributed by atoms with Crippen LogP contribution in [-0.2, 0) is 23.0 Å². The Morgan fingerprint density at radius 3 is 3.17 bits per heavy atom. The first-order valence-electron chi connectivity index (χ1n) is 8.04. The first-order valence-corrected chi connectivity index (χ1v) is 8.92. The highest BCUT2D eigenvalue weighted by Crippen LogP contribution is 2.27. The molecule has 0 aliphatic carbocycles. The molecule has 1 aliphatic rings. The van der Waals surface area contributed by atoms with Crippen LogP contribution in [0.25, 0.3) is 0 Å². The Balaban J connectivity index is 1.55. The third-order valence-corrected chi connectivity index (χ3v) is 5.25. The lowest BCUT2D eigenvalue weighted by Crippen LogP contribution is -2.42. The molecule has 1 aliphatic heterocycles. The molecule has 124 valence electrons. The van der Waals surface area contributed by atoms with E-state index in [9.17, 15) is 4.79 Å². The number of rotatable bonds is 5. The first-order chi connectivity index (χ1) is 11.1. The van der Waals surface area contributed by atoms with E-state index < -0.39 is 0 Å². The first kappa shape index (κ1) is 16.2. The Morgan fingerprint density at radius 2 is 2.48 bits per heavy atom. The van der Waals surface area contributed by atoms with Crippen LogP contribution in [0.3, 0.4) is 0 Å². The van der Waals surface area contributed by atoms with E-state index in [0.717, 1.165) is 25.0 Å². The third-order valence-electron chi connectivity index (χ3n) is 4.35. The molecule has 0 bridgehead atoms. The minimum Gasteiger partial charge on any atom is -0.372 e. The van der Waals surface area contributed by atoms with Gasteiger partial charge in [-0.2, -0.15) is 0 Å². The molecule has 1 saturated heterocycles. The predicted octanol–water partition coefficient (Wildman–Crippen LogP) is 2.70. The summed E-state index contributed by atoms with van der Waals surface area (Å²) in [6, 6.07) is 4.28. The largest absolute Gasteiger partial charge is 0.372 e. The van der Waals surface area contributed by atoms with Crippen molar-refractivity contribution in [3.63, 3.8) is 0 Å². The fraction of sp³-hybridized carbons (Fsp3) is 0.529. The van der Waals surface area contributed by atoms with Crippen molar-refractivity contribution in [2.24, 2.45) is 13.0 Å². The van der Waals surface area contributed by atoms with Gasteiger partial charge in [-0.25, -0.2) is 4.98 Å². The Labute approximate surface area is 140 Å². The van der Waals surface area contributed by atoms with Crippen LogP contribution in [0.4, 0.5) is 0 Å². The molecule has 3 heterocycles. The van der Waals surface area contributed by atoms with E-state index in [1.165, 1.54) is 4.88 Å². The summed E-state index contributed by atoms with van der Waals surface area (Å²) in [6.45, 7) is 2.66. The van der Waals surface area contributed by atoms with E-state index in [1.807, 2.05) is 30.8 Å². The van der Waals surface area contributed by atoms with Crippen molar-refractivity contribution < 1.29 is 9.53 Å². The highest BCUT2D eigenvalue weighted by atomic mass is 32.1. The number of aromatic nitrogens is 2. The summed E-state index contributed by atoms with van der Waals surface area (Å²) in [5, 5.41) is 5.25. The van der Waals surface area contributed by atoms with Crippen molar-refractivity contribution in [2.75, 3.05) is 6.61 Å². The molecule has 1 N–H and O–H groups in total. The lowest BCUT2D eigenvalue weighted by molar-refractivity contribution is -0.126. The number of ether oxygens (including phenoxy) is 1. The van der Waals surface area contributed by atoms with Gasteiger partial charge in [0.25, 0.3) is 0 Å². The molecular formula is C17H23N3O2S. The molecular weight excluding hydrogens is 310 g/mol. The average molecular weight is 333 g/mol. The monoisotopic (exact) mass is 333 g/mol. The molecule has 1 fully saturated rings. The summed E-state index contributed by atoms with van der Waals surface area (Å²) in [5.74, 6) is 0.126. The number of carbonyl (C=O) groups excluding carboxylic acids is 1. The van der Waals surface area contributed by atoms with Gasteiger partial charge in [0.15, 0.2) is 0 Å². The molecule has 23 heavy (non-hydrogen) atoms. The van der Waals surface area contributed by atoms with Crippen LogP contribution in [0.15, 0.2) is 30.0 Å². The Bertz CT molecular complexity index is 638. The topological polar surface area (TPSA) is 56.1 Å². The fourth-order valence-electron chi connectivity index (χ4n) is 2.98. The standard InChI is InChI=1S/C17H23N3O2S/c1-12(8-14-4-3-7-23-14)17(21)19-13-5-6-22-16(9-13)15-10-18-11-20(15)2/h3-4,7,10-13,16H,5-6,8-9H2,1-2H3,(H,19,21)/t12-,13+,16+/m1/s1. The predicted molar refractivity (Wildman–Crippen MR) is 90.3 cm³/mol. The Morgan fingerprint density at radius 1 is 1.61 bits per heavy atom. The minimum atomic E-state index is -0.00773. The van der Waals surface area contributed by atoms with Gasteiger partial charge >= 0.3 is 0 Å². The van der Waals surface area contributed by atoms with Crippen LogP contribution in [0.1, 0.15) is 36.4 Å². The number of thiophene rings is 1. The number of hydrogen-bond acceptors (Lipinski definition) is 4. The number of nitrogens with zero attached hydrogens (tertiary/aromatic N) is 2. The minimum absolute atomic E-state index is 0.00773. The van der Waals surface area contributed by atoms with Crippen molar-refractivity contribution in [2.45, 2.75) is 38.3 Å². The van der Waals surface area contributed by atoms with E-state index >= 15 is 0 Å². The van der Waals surface area contributed by atoms with Crippen molar-refractivity contribution in [1.29, 1.82) is 0 Å². The zero-order valence-electron chi connectivity index (χ0n) is 13.6. The molecule has 0 spiro atoms. The van der Waals surface area contributed by atoms with Crippen LogP contribution in [0, 0.1) is 5.92 Å². The number of nitrogens with one attached hydrogen (secondary N) is 1. The van der Waals surface area contributed by atoms with Gasteiger partial charge in [0.1, 0.15) is 6.10 Å². The van der Waals surface area contributed by atoms with Crippen molar-refractivity contribution >= 4 is 17.2 Å². The second-order valence-corrected chi connectivity index (χ2v) is 7.24. The van der Waals surface area contributed by atoms with Crippen LogP contribution in [0.2, 0.25) is 0 Å². The number of hydrogen-bond donors (Lipinski definition) is 1. The van der Waals surface area contributed by atoms with Crippen LogP contribution in [-0.4, -0.2) is 28.1 Å². The molecule has 6 heteroatoms. The summed E-state index contributed by atoms with van der Waals surface area (Å²) in [7, 11) is 1.97. The van der Waals surface area contributed by atoms with E-state index in [-0.39, 0.29) is 24.0 Å². The van der Waals surface area contributed by atoms with Gasteiger partial charge in [0.05, 0.1) is 18.2 Å². The van der Waals surface area contributed by atoms with Gasteiger partial charge in [0.2, 0.25) is 5.91 Å². The molecule has 0 aromatic carbocycles. The second kappa shape index (κ2) is 7.27. The summed E-state index contributed by atoms with van der Waals surface area (Å²) < 4.78 is 7.83. The average Bonchev–Trinajstić information content (AvgIpc) is 3.19. The van der Waals surface area contributed by atoms with Gasteiger partial charge in [-0.15, -0.1) is 11.3 Å². The molecule has 0 unspecified atom stereocenters. The SMILES string of the molecule is C[C@H](Cc1cccs1)C(=O)N[C@H]1CCO[C@H](c2cncn2C)C1. The van der Waals surface area contributed by atoms with Gasteiger partial charge in [0, 0.05) is 30.5 Å². The molecule has 2 aromatic heterocycles. The zero-order chi connectivity index (χ0) is 16.2. The summed E-state index contributed by atoms with van der Waals surface area (Å²) in [6.07, 6.45) is 6.10. The van der Waals surface area contributed by atoms with E-state index in [1.54, 1.807) is 17.7 Å². The van der Waals surface area contributed by atoms with E-state index in [4.69, 9.17) is 4.74 Å². The van der Waals surface area contributed by atoms with E-state index in [0.29, 0.717) is 6.61 Å². The maximum Gasteiger partial charge on any atom is 0.223 e. The molecule has 3 atom stereocenters. The van der Waals surface area contributed by atoms with Gasteiger partial charge < -0.3 is 14.6 Å². The maximum atomic E-state index is 12.4. The molecule has 1 amide bonds. The van der Waals surface area contributed by atoms with Gasteiger partial charge in [-0.05, 0) is 30.7 Å². The van der Waals surface area contributed by atoms with Crippen LogP contribution in [0.5, 0.6) is 0 Å². The van der Waals surface area contributed by atoms with Gasteiger partial charge in [-0.1, -0.05) is 13.0 Å². The number of imidazole rings is 1. The zero-order valence-corrected chi connectivity index (χ0v) is 14.4. The normalized spacial score (nSPS) is 22.7. The molecule has 3 rings (SSSR count). The highest BCUT2D eigenvalue weighted by molar-refractivity contribution is 7.09. The Kier molecular flexibility index (Phi) is 5.13. The van der Waals surface area contributed by atoms with Crippen molar-refractivity contribution in [3.05, 3.63) is 40.6 Å². The van der Waals surface area contributed by atoms with Crippen LogP contribution >= 0.6 is 11.3 Å². The maximum absolute atomic E-state index is 12.4. The third kappa shape index (κ3) is 4.00. The van der Waals surface area contributed by atoms with Crippen LogP contribution < -0.4 is 5.32 Å². The Hall–Kier alpha value is -1.66. The lowest BCUT2D eigenvalue weighted by atomic mass is 9.99. The summed E-state index contributed by atoms with van der Waals surface area (Å²) in [4.78, 5) is 17.8. The fourth-order valence-corrected chi connectivity index (χ4v) is 3.81. The quantitative estimate of drug-likeness (QED) is 0.915. The van der Waals surface area contributed by atoms with Crippen molar-refractivity contribution in [1.82, 2.24) is 14.9 Å². The number of amides is 1. The van der Waals surface area contributed by atoms with Gasteiger partial charge in [-0.3, -0.25) is 4.79 Å². The molecule has 0 saturated carbocycles. The lowest BCUT2D eigenvalue weighted by Gasteiger charge is -2.31. The molecule has 0 radical (unpaired) electrons.